The Hall–Kier alpha value is -1.56. The summed E-state index contributed by atoms with van der Waals surface area (Å²) in [7, 11) is 0. The van der Waals surface area contributed by atoms with Crippen LogP contribution in [0.2, 0.25) is 0 Å². The molecule has 0 aromatic heterocycles. The summed E-state index contributed by atoms with van der Waals surface area (Å²) in [6.45, 7) is 9.16. The van der Waals surface area contributed by atoms with Crippen molar-refractivity contribution in [3.05, 3.63) is 58.7 Å². The third-order valence-electron chi connectivity index (χ3n) is 7.34. The molecule has 1 aliphatic carbocycles. The molecule has 0 atom stereocenters. The zero-order valence-electron chi connectivity index (χ0n) is 20.2. The van der Waals surface area contributed by atoms with Crippen molar-refractivity contribution in [2.24, 2.45) is 0 Å². The average Bonchev–Trinajstić information content (AvgIpc) is 2.99. The van der Waals surface area contributed by atoms with Gasteiger partial charge in [-0.25, -0.2) is 0 Å². The van der Waals surface area contributed by atoms with Crippen LogP contribution in [0.1, 0.15) is 120 Å². The van der Waals surface area contributed by atoms with Crippen molar-refractivity contribution in [1.29, 1.82) is 0 Å². The topological polar surface area (TPSA) is 0 Å². The predicted molar refractivity (Wildman–Crippen MR) is 134 cm³/mol. The third-order valence-corrected chi connectivity index (χ3v) is 7.34. The molecule has 0 nitrogen and oxygen atoms in total. The minimum Gasteiger partial charge on any atom is -0.0654 e. The van der Waals surface area contributed by atoms with Gasteiger partial charge >= 0.3 is 0 Å². The van der Waals surface area contributed by atoms with Crippen LogP contribution in [0, 0.1) is 13.8 Å². The lowest BCUT2D eigenvalue weighted by atomic mass is 9.70. The number of benzene rings is 2. The minimum absolute atomic E-state index is 0.236. The van der Waals surface area contributed by atoms with E-state index in [4.69, 9.17) is 0 Å². The first kappa shape index (κ1) is 23.1. The van der Waals surface area contributed by atoms with Gasteiger partial charge < -0.3 is 0 Å². The maximum atomic E-state index is 2.52. The summed E-state index contributed by atoms with van der Waals surface area (Å²) in [5.74, 6) is 0. The number of hydrogen-bond acceptors (Lipinski definition) is 0. The molecule has 0 fully saturated rings. The molecule has 2 aromatic rings. The highest BCUT2D eigenvalue weighted by molar-refractivity contribution is 5.81. The Morgan fingerprint density at radius 1 is 0.533 bits per heavy atom. The highest BCUT2D eigenvalue weighted by Gasteiger charge is 2.42. The second-order valence-corrected chi connectivity index (χ2v) is 9.86. The number of rotatable bonds is 13. The maximum Gasteiger partial charge on any atom is 0.0215 e. The van der Waals surface area contributed by atoms with Gasteiger partial charge in [-0.15, -0.1) is 0 Å². The number of hydrogen-bond donors (Lipinski definition) is 0. The maximum absolute atomic E-state index is 2.52. The van der Waals surface area contributed by atoms with E-state index < -0.39 is 0 Å². The third kappa shape index (κ3) is 5.19. The molecular weight excluding hydrogens is 360 g/mol. The molecule has 2 aromatic carbocycles. The smallest absolute Gasteiger partial charge is 0.0215 e. The first-order valence-electron chi connectivity index (χ1n) is 12.8. The van der Waals surface area contributed by atoms with Crippen molar-refractivity contribution >= 4 is 0 Å². The van der Waals surface area contributed by atoms with Gasteiger partial charge in [0.2, 0.25) is 0 Å². The van der Waals surface area contributed by atoms with E-state index in [1.165, 1.54) is 106 Å². The van der Waals surface area contributed by atoms with Crippen LogP contribution in [0.4, 0.5) is 0 Å². The van der Waals surface area contributed by atoms with Gasteiger partial charge in [0, 0.05) is 5.41 Å². The Bertz CT molecular complexity index is 746. The highest BCUT2D eigenvalue weighted by atomic mass is 14.4. The second-order valence-electron chi connectivity index (χ2n) is 9.86. The van der Waals surface area contributed by atoms with E-state index in [-0.39, 0.29) is 5.41 Å². The first-order valence-corrected chi connectivity index (χ1v) is 12.8. The molecule has 164 valence electrons. The molecule has 0 saturated carbocycles. The summed E-state index contributed by atoms with van der Waals surface area (Å²) < 4.78 is 0. The van der Waals surface area contributed by atoms with E-state index in [0.717, 1.165) is 0 Å². The standard InChI is InChI=1S/C30H44/c1-5-7-9-11-13-15-21-30(20-14-12-10-8-6-2)28-22-24(3)16-18-26(28)27-19-17-25(4)23-29(27)30/h16-19,22-23H,5-15,20-21H2,1-4H3. The van der Waals surface area contributed by atoms with Gasteiger partial charge in [0.25, 0.3) is 0 Å². The molecule has 0 heterocycles. The lowest BCUT2D eigenvalue weighted by Crippen LogP contribution is -2.25. The summed E-state index contributed by atoms with van der Waals surface area (Å²) in [6.07, 6.45) is 17.8. The van der Waals surface area contributed by atoms with Crippen molar-refractivity contribution in [2.45, 2.75) is 117 Å². The van der Waals surface area contributed by atoms with E-state index in [1.807, 2.05) is 0 Å². The van der Waals surface area contributed by atoms with Gasteiger partial charge in [-0.05, 0) is 48.9 Å². The van der Waals surface area contributed by atoms with Gasteiger partial charge in [-0.2, -0.15) is 0 Å². The van der Waals surface area contributed by atoms with Crippen LogP contribution in [0.15, 0.2) is 36.4 Å². The average molecular weight is 405 g/mol. The Kier molecular flexibility index (Phi) is 8.61. The minimum atomic E-state index is 0.236. The van der Waals surface area contributed by atoms with Crippen molar-refractivity contribution < 1.29 is 0 Å². The molecule has 0 bridgehead atoms. The molecule has 0 spiro atoms. The molecule has 0 heteroatoms. The van der Waals surface area contributed by atoms with E-state index in [0.29, 0.717) is 0 Å². The van der Waals surface area contributed by atoms with E-state index >= 15 is 0 Å². The van der Waals surface area contributed by atoms with Gasteiger partial charge in [0.1, 0.15) is 0 Å². The molecule has 3 rings (SSSR count). The first-order chi connectivity index (χ1) is 14.6. The summed E-state index contributed by atoms with van der Waals surface area (Å²) in [6, 6.07) is 14.5. The predicted octanol–water partition coefficient (Wildman–Crippen LogP) is 9.68. The fourth-order valence-electron chi connectivity index (χ4n) is 5.62. The van der Waals surface area contributed by atoms with Crippen LogP contribution in [-0.4, -0.2) is 0 Å². The molecule has 0 amide bonds. The van der Waals surface area contributed by atoms with Gasteiger partial charge in [0.05, 0.1) is 0 Å². The van der Waals surface area contributed by atoms with Gasteiger partial charge in [0.15, 0.2) is 0 Å². The lowest BCUT2D eigenvalue weighted by Gasteiger charge is -2.33. The van der Waals surface area contributed by atoms with Crippen LogP contribution in [0.3, 0.4) is 0 Å². The van der Waals surface area contributed by atoms with Crippen molar-refractivity contribution in [3.8, 4) is 11.1 Å². The summed E-state index contributed by atoms with van der Waals surface area (Å²) in [5, 5.41) is 0. The van der Waals surface area contributed by atoms with E-state index in [2.05, 4.69) is 64.1 Å². The molecule has 1 aliphatic rings. The van der Waals surface area contributed by atoms with Crippen LogP contribution in [0.25, 0.3) is 11.1 Å². The second kappa shape index (κ2) is 11.2. The summed E-state index contributed by atoms with van der Waals surface area (Å²) >= 11 is 0. The fraction of sp³-hybridized carbons (Fsp3) is 0.600. The summed E-state index contributed by atoms with van der Waals surface area (Å²) in [4.78, 5) is 0. The number of fused-ring (bicyclic) bond motifs is 3. The highest BCUT2D eigenvalue weighted by Crippen LogP contribution is 2.54. The Balaban J connectivity index is 1.89. The molecule has 30 heavy (non-hydrogen) atoms. The van der Waals surface area contributed by atoms with Crippen molar-refractivity contribution in [1.82, 2.24) is 0 Å². The van der Waals surface area contributed by atoms with Crippen LogP contribution < -0.4 is 0 Å². The zero-order chi connectivity index (χ0) is 21.4. The normalized spacial score (nSPS) is 14.0. The Morgan fingerprint density at radius 3 is 1.37 bits per heavy atom. The monoisotopic (exact) mass is 404 g/mol. The van der Waals surface area contributed by atoms with Crippen LogP contribution >= 0.6 is 0 Å². The van der Waals surface area contributed by atoms with Gasteiger partial charge in [-0.3, -0.25) is 0 Å². The zero-order valence-corrected chi connectivity index (χ0v) is 20.2. The SMILES string of the molecule is CCCCCCCCC1(CCCCCCC)c2cc(C)ccc2-c2ccc(C)cc21. The molecular formula is C30H44. The molecule has 0 radical (unpaired) electrons. The van der Waals surface area contributed by atoms with Crippen LogP contribution in [0.5, 0.6) is 0 Å². The molecule has 0 unspecified atom stereocenters. The number of unbranched alkanes of at least 4 members (excludes halogenated alkanes) is 9. The largest absolute Gasteiger partial charge is 0.0654 e. The Morgan fingerprint density at radius 2 is 0.933 bits per heavy atom. The van der Waals surface area contributed by atoms with E-state index in [1.54, 1.807) is 11.1 Å². The molecule has 0 aliphatic heterocycles. The molecule has 0 N–H and O–H groups in total. The fourth-order valence-corrected chi connectivity index (χ4v) is 5.62. The van der Waals surface area contributed by atoms with Crippen LogP contribution in [-0.2, 0) is 5.41 Å². The summed E-state index contributed by atoms with van der Waals surface area (Å²) in [5.41, 5.74) is 9.34. The van der Waals surface area contributed by atoms with Crippen molar-refractivity contribution in [3.63, 3.8) is 0 Å². The van der Waals surface area contributed by atoms with Crippen molar-refractivity contribution in [2.75, 3.05) is 0 Å². The molecule has 0 saturated heterocycles. The number of aryl methyl sites for hydroxylation is 2. The quantitative estimate of drug-likeness (QED) is 0.291. The lowest BCUT2D eigenvalue weighted by molar-refractivity contribution is 0.398. The Labute approximate surface area is 186 Å². The van der Waals surface area contributed by atoms with E-state index in [9.17, 15) is 0 Å². The van der Waals surface area contributed by atoms with Gasteiger partial charge in [-0.1, -0.05) is 132 Å².